The highest BCUT2D eigenvalue weighted by atomic mass is 19.1. The van der Waals surface area contributed by atoms with Crippen molar-refractivity contribution in [2.75, 3.05) is 25.5 Å². The van der Waals surface area contributed by atoms with E-state index in [1.54, 1.807) is 0 Å². The van der Waals surface area contributed by atoms with Crippen molar-refractivity contribution in [1.82, 2.24) is 14.9 Å². The molecule has 25 heavy (non-hydrogen) atoms. The van der Waals surface area contributed by atoms with Crippen LogP contribution in [0.4, 0.5) is 10.3 Å². The normalized spacial score (nSPS) is 14.2. The minimum Gasteiger partial charge on any atom is -0.479 e. The van der Waals surface area contributed by atoms with Crippen LogP contribution >= 0.6 is 0 Å². The molecule has 2 heterocycles. The maximum Gasteiger partial charge on any atom is 0.255 e. The van der Waals surface area contributed by atoms with Gasteiger partial charge in [-0.15, -0.1) is 0 Å². The van der Waals surface area contributed by atoms with Crippen molar-refractivity contribution in [3.63, 3.8) is 0 Å². The summed E-state index contributed by atoms with van der Waals surface area (Å²) in [6, 6.07) is 7.45. The Labute approximate surface area is 146 Å². The summed E-state index contributed by atoms with van der Waals surface area (Å²) in [6.07, 6.45) is 4.42. The van der Waals surface area contributed by atoms with Gasteiger partial charge in [0.15, 0.2) is 0 Å². The van der Waals surface area contributed by atoms with Gasteiger partial charge in [0.2, 0.25) is 11.8 Å². The van der Waals surface area contributed by atoms with Gasteiger partial charge in [0.25, 0.3) is 11.8 Å². The minimum atomic E-state index is -0.603. The molecule has 1 saturated heterocycles. The monoisotopic (exact) mass is 344 g/mol. The number of hydrogen-bond acceptors (Lipinski definition) is 5. The third kappa shape index (κ3) is 4.23. The first kappa shape index (κ1) is 17.1. The second kappa shape index (κ2) is 7.92. The Balaban J connectivity index is 1.60. The maximum atomic E-state index is 13.3. The standard InChI is InChI=1S/C18H21FN4O2/c1-25-16-15(19)12-21-18(22-16)20-11-13-5-7-14(8-6-13)17(24)23-9-3-2-4-10-23/h5-8,12H,2-4,9-11H2,1H3,(H,20,21,22). The molecule has 1 aromatic heterocycles. The van der Waals surface area contributed by atoms with Gasteiger partial charge < -0.3 is 15.0 Å². The number of nitrogens with one attached hydrogen (secondary N) is 1. The molecule has 2 aromatic rings. The van der Waals surface area contributed by atoms with E-state index in [1.165, 1.54) is 13.5 Å². The Morgan fingerprint density at radius 2 is 1.96 bits per heavy atom. The summed E-state index contributed by atoms with van der Waals surface area (Å²) in [5.41, 5.74) is 1.67. The SMILES string of the molecule is COc1nc(NCc2ccc(C(=O)N3CCCCC3)cc2)ncc1F. The third-order valence-electron chi connectivity index (χ3n) is 4.20. The molecule has 6 nitrogen and oxygen atoms in total. The molecule has 0 unspecified atom stereocenters. The first-order chi connectivity index (χ1) is 12.2. The van der Waals surface area contributed by atoms with Crippen LogP contribution in [0, 0.1) is 5.82 Å². The van der Waals surface area contributed by atoms with E-state index < -0.39 is 5.82 Å². The van der Waals surface area contributed by atoms with E-state index in [-0.39, 0.29) is 17.7 Å². The quantitative estimate of drug-likeness (QED) is 0.903. The number of anilines is 1. The fourth-order valence-electron chi connectivity index (χ4n) is 2.81. The number of likely N-dealkylation sites (tertiary alicyclic amines) is 1. The molecule has 0 saturated carbocycles. The van der Waals surface area contributed by atoms with Gasteiger partial charge in [0, 0.05) is 25.2 Å². The van der Waals surface area contributed by atoms with Gasteiger partial charge in [0.1, 0.15) is 0 Å². The van der Waals surface area contributed by atoms with Crippen molar-refractivity contribution in [2.24, 2.45) is 0 Å². The number of carbonyl (C=O) groups excluding carboxylic acids is 1. The Kier molecular flexibility index (Phi) is 5.42. The summed E-state index contributed by atoms with van der Waals surface area (Å²) in [5, 5.41) is 3.01. The van der Waals surface area contributed by atoms with Crippen LogP contribution in [0.2, 0.25) is 0 Å². The molecule has 1 aromatic carbocycles. The van der Waals surface area contributed by atoms with E-state index in [4.69, 9.17) is 4.74 Å². The second-order valence-electron chi connectivity index (χ2n) is 5.95. The number of hydrogen-bond donors (Lipinski definition) is 1. The van der Waals surface area contributed by atoms with E-state index in [0.29, 0.717) is 12.1 Å². The van der Waals surface area contributed by atoms with Crippen molar-refractivity contribution < 1.29 is 13.9 Å². The number of aromatic nitrogens is 2. The maximum absolute atomic E-state index is 13.3. The average Bonchev–Trinajstić information content (AvgIpc) is 2.68. The number of halogens is 1. The summed E-state index contributed by atoms with van der Waals surface area (Å²) in [5.74, 6) is -0.328. The molecule has 7 heteroatoms. The van der Waals surface area contributed by atoms with Gasteiger partial charge in [-0.1, -0.05) is 12.1 Å². The number of piperidine rings is 1. The summed E-state index contributed by atoms with van der Waals surface area (Å²) in [6.45, 7) is 2.14. The van der Waals surface area contributed by atoms with Gasteiger partial charge in [0.05, 0.1) is 13.3 Å². The lowest BCUT2D eigenvalue weighted by atomic mass is 10.1. The van der Waals surface area contributed by atoms with Crippen LogP contribution in [0.15, 0.2) is 30.5 Å². The topological polar surface area (TPSA) is 67.3 Å². The fourth-order valence-corrected chi connectivity index (χ4v) is 2.81. The van der Waals surface area contributed by atoms with E-state index in [0.717, 1.165) is 37.7 Å². The second-order valence-corrected chi connectivity index (χ2v) is 5.95. The molecule has 1 amide bonds. The van der Waals surface area contributed by atoms with Crippen LogP contribution in [0.25, 0.3) is 0 Å². The number of rotatable bonds is 5. The largest absolute Gasteiger partial charge is 0.479 e. The molecule has 1 aliphatic heterocycles. The molecule has 3 rings (SSSR count). The molecule has 0 aliphatic carbocycles. The first-order valence-corrected chi connectivity index (χ1v) is 8.36. The van der Waals surface area contributed by atoms with E-state index >= 15 is 0 Å². The predicted octanol–water partition coefficient (Wildman–Crippen LogP) is 2.86. The van der Waals surface area contributed by atoms with Crippen LogP contribution in [0.1, 0.15) is 35.2 Å². The van der Waals surface area contributed by atoms with Gasteiger partial charge in [-0.3, -0.25) is 4.79 Å². The number of ether oxygens (including phenoxy) is 1. The van der Waals surface area contributed by atoms with E-state index in [9.17, 15) is 9.18 Å². The Bertz CT molecular complexity index is 730. The molecule has 132 valence electrons. The van der Waals surface area contributed by atoms with Crippen molar-refractivity contribution in [1.29, 1.82) is 0 Å². The van der Waals surface area contributed by atoms with Crippen LogP contribution in [0.5, 0.6) is 5.88 Å². The molecule has 1 N–H and O–H groups in total. The number of amides is 1. The minimum absolute atomic E-state index is 0.0887. The van der Waals surface area contributed by atoms with Crippen LogP contribution in [-0.4, -0.2) is 41.0 Å². The Morgan fingerprint density at radius 1 is 1.24 bits per heavy atom. The zero-order valence-corrected chi connectivity index (χ0v) is 14.2. The predicted molar refractivity (Wildman–Crippen MR) is 92.1 cm³/mol. The molecule has 0 atom stereocenters. The van der Waals surface area contributed by atoms with Crippen LogP contribution in [0.3, 0.4) is 0 Å². The molecule has 1 fully saturated rings. The summed E-state index contributed by atoms with van der Waals surface area (Å²) >= 11 is 0. The van der Waals surface area contributed by atoms with E-state index in [1.807, 2.05) is 29.2 Å². The van der Waals surface area contributed by atoms with Crippen molar-refractivity contribution in [3.05, 3.63) is 47.4 Å². The Morgan fingerprint density at radius 3 is 2.64 bits per heavy atom. The summed E-state index contributed by atoms with van der Waals surface area (Å²) < 4.78 is 18.1. The molecule has 0 radical (unpaired) electrons. The highest BCUT2D eigenvalue weighted by Crippen LogP contribution is 2.16. The van der Waals surface area contributed by atoms with Gasteiger partial charge >= 0.3 is 0 Å². The highest BCUT2D eigenvalue weighted by molar-refractivity contribution is 5.94. The number of carbonyl (C=O) groups is 1. The van der Waals surface area contributed by atoms with Gasteiger partial charge in [-0.25, -0.2) is 4.98 Å². The number of benzene rings is 1. The van der Waals surface area contributed by atoms with Crippen LogP contribution in [-0.2, 0) is 6.54 Å². The zero-order valence-electron chi connectivity index (χ0n) is 14.2. The lowest BCUT2D eigenvalue weighted by molar-refractivity contribution is 0.0724. The van der Waals surface area contributed by atoms with Gasteiger partial charge in [-0.05, 0) is 37.0 Å². The average molecular weight is 344 g/mol. The summed E-state index contributed by atoms with van der Waals surface area (Å²) in [7, 11) is 1.35. The van der Waals surface area contributed by atoms with Crippen LogP contribution < -0.4 is 10.1 Å². The van der Waals surface area contributed by atoms with Crippen molar-refractivity contribution >= 4 is 11.9 Å². The first-order valence-electron chi connectivity index (χ1n) is 8.36. The highest BCUT2D eigenvalue weighted by Gasteiger charge is 2.17. The third-order valence-corrected chi connectivity index (χ3v) is 4.20. The lowest BCUT2D eigenvalue weighted by Gasteiger charge is -2.26. The Hall–Kier alpha value is -2.70. The molecular weight excluding hydrogens is 323 g/mol. The number of nitrogens with zero attached hydrogens (tertiary/aromatic N) is 3. The molecule has 0 spiro atoms. The molecule has 0 bridgehead atoms. The zero-order chi connectivity index (χ0) is 17.6. The fraction of sp³-hybridized carbons (Fsp3) is 0.389. The smallest absolute Gasteiger partial charge is 0.255 e. The van der Waals surface area contributed by atoms with Crippen molar-refractivity contribution in [3.8, 4) is 5.88 Å². The molecule has 1 aliphatic rings. The number of methoxy groups -OCH3 is 1. The van der Waals surface area contributed by atoms with E-state index in [2.05, 4.69) is 15.3 Å². The lowest BCUT2D eigenvalue weighted by Crippen LogP contribution is -2.35. The van der Waals surface area contributed by atoms with Gasteiger partial charge in [-0.2, -0.15) is 9.37 Å². The molecular formula is C18H21FN4O2. The summed E-state index contributed by atoms with van der Waals surface area (Å²) in [4.78, 5) is 22.1. The van der Waals surface area contributed by atoms with Crippen molar-refractivity contribution in [2.45, 2.75) is 25.8 Å².